The summed E-state index contributed by atoms with van der Waals surface area (Å²) in [5, 5.41) is 18.5. The molecule has 6 rings (SSSR count). The van der Waals surface area contributed by atoms with E-state index in [9.17, 15) is 9.90 Å². The SMILES string of the molecule is CC(C)(OC[C@@]1(O)CCCC[C@@H]1n1cnc(C(=O)N2CCNC[C@H]2Cc2ccccc2)c1-c1ccccc1)c1nccs1. The van der Waals surface area contributed by atoms with Crippen molar-refractivity contribution in [2.45, 2.75) is 69.2 Å². The van der Waals surface area contributed by atoms with Crippen molar-refractivity contribution >= 4 is 17.2 Å². The summed E-state index contributed by atoms with van der Waals surface area (Å²) in [7, 11) is 0. The van der Waals surface area contributed by atoms with E-state index >= 15 is 0 Å². The maximum absolute atomic E-state index is 14.4. The van der Waals surface area contributed by atoms with E-state index in [-0.39, 0.29) is 24.6 Å². The Morgan fingerprint density at radius 2 is 1.88 bits per heavy atom. The molecule has 2 aromatic carbocycles. The second-order valence-electron chi connectivity index (χ2n) is 12.3. The molecular formula is C34H41N5O3S. The van der Waals surface area contributed by atoms with Crippen LogP contribution in [0.3, 0.4) is 0 Å². The van der Waals surface area contributed by atoms with E-state index in [0.717, 1.165) is 55.0 Å². The number of nitrogens with one attached hydrogen (secondary N) is 1. The van der Waals surface area contributed by atoms with Gasteiger partial charge in [0.2, 0.25) is 0 Å². The first-order valence-corrected chi connectivity index (χ1v) is 16.2. The molecule has 2 fully saturated rings. The molecule has 1 saturated heterocycles. The van der Waals surface area contributed by atoms with Gasteiger partial charge in [-0.15, -0.1) is 11.3 Å². The van der Waals surface area contributed by atoms with Gasteiger partial charge >= 0.3 is 0 Å². The molecule has 43 heavy (non-hydrogen) atoms. The Hall–Kier alpha value is -3.37. The number of carbonyl (C=O) groups excluding carboxylic acids is 1. The molecule has 9 heteroatoms. The fourth-order valence-electron chi connectivity index (χ4n) is 6.53. The van der Waals surface area contributed by atoms with E-state index < -0.39 is 11.2 Å². The minimum absolute atomic E-state index is 0.0190. The van der Waals surface area contributed by atoms with Crippen molar-refractivity contribution in [2.75, 3.05) is 26.2 Å². The van der Waals surface area contributed by atoms with Crippen molar-refractivity contribution < 1.29 is 14.6 Å². The lowest BCUT2D eigenvalue weighted by Crippen LogP contribution is -2.54. The molecule has 1 aliphatic heterocycles. The second-order valence-corrected chi connectivity index (χ2v) is 13.2. The van der Waals surface area contributed by atoms with Gasteiger partial charge in [-0.05, 0) is 38.7 Å². The number of imidazole rings is 1. The Balaban J connectivity index is 1.33. The topological polar surface area (TPSA) is 92.5 Å². The Morgan fingerprint density at radius 3 is 2.63 bits per heavy atom. The monoisotopic (exact) mass is 599 g/mol. The van der Waals surface area contributed by atoms with Crippen LogP contribution in [0.1, 0.15) is 66.6 Å². The minimum atomic E-state index is -1.12. The van der Waals surface area contributed by atoms with Crippen LogP contribution < -0.4 is 5.32 Å². The summed E-state index contributed by atoms with van der Waals surface area (Å²) in [6, 6.07) is 20.0. The Morgan fingerprint density at radius 1 is 1.12 bits per heavy atom. The number of ether oxygens (including phenoxy) is 1. The number of hydrogen-bond acceptors (Lipinski definition) is 7. The molecule has 1 saturated carbocycles. The van der Waals surface area contributed by atoms with Crippen LogP contribution in [0.4, 0.5) is 0 Å². The smallest absolute Gasteiger partial charge is 0.275 e. The zero-order valence-electron chi connectivity index (χ0n) is 25.0. The molecule has 226 valence electrons. The fourth-order valence-corrected chi connectivity index (χ4v) is 7.24. The van der Waals surface area contributed by atoms with Crippen molar-refractivity contribution in [1.29, 1.82) is 0 Å². The lowest BCUT2D eigenvalue weighted by molar-refractivity contribution is -0.142. The summed E-state index contributed by atoms with van der Waals surface area (Å²) in [5.74, 6) is -0.0689. The number of carbonyl (C=O) groups is 1. The van der Waals surface area contributed by atoms with Crippen molar-refractivity contribution in [3.05, 3.63) is 94.8 Å². The molecule has 0 radical (unpaired) electrons. The van der Waals surface area contributed by atoms with Crippen LogP contribution in [-0.4, -0.2) is 68.3 Å². The Labute approximate surface area is 257 Å². The van der Waals surface area contributed by atoms with Crippen LogP contribution in [0.5, 0.6) is 0 Å². The predicted molar refractivity (Wildman–Crippen MR) is 169 cm³/mol. The molecule has 2 aliphatic rings. The molecule has 2 aromatic heterocycles. The number of rotatable bonds is 9. The van der Waals surface area contributed by atoms with Crippen LogP contribution in [0.25, 0.3) is 11.3 Å². The van der Waals surface area contributed by atoms with Gasteiger partial charge in [0.05, 0.1) is 24.7 Å². The van der Waals surface area contributed by atoms with E-state index in [0.29, 0.717) is 18.7 Å². The van der Waals surface area contributed by atoms with Crippen molar-refractivity contribution in [1.82, 2.24) is 24.8 Å². The largest absolute Gasteiger partial charge is 0.385 e. The van der Waals surface area contributed by atoms with Gasteiger partial charge in [0, 0.05) is 42.8 Å². The van der Waals surface area contributed by atoms with Gasteiger partial charge in [-0.25, -0.2) is 9.97 Å². The maximum atomic E-state index is 14.4. The highest BCUT2D eigenvalue weighted by Crippen LogP contribution is 2.42. The molecule has 1 aliphatic carbocycles. The normalized spacial score (nSPS) is 22.9. The molecule has 1 amide bonds. The number of piperazine rings is 1. The molecule has 3 atom stereocenters. The lowest BCUT2D eigenvalue weighted by atomic mass is 9.80. The molecule has 0 unspecified atom stereocenters. The number of benzene rings is 2. The molecule has 0 spiro atoms. The van der Waals surface area contributed by atoms with E-state index in [1.165, 1.54) is 5.56 Å². The predicted octanol–water partition coefficient (Wildman–Crippen LogP) is 5.46. The molecule has 0 bridgehead atoms. The van der Waals surface area contributed by atoms with Gasteiger partial charge in [0.25, 0.3) is 5.91 Å². The maximum Gasteiger partial charge on any atom is 0.275 e. The molecular weight excluding hydrogens is 558 g/mol. The number of aromatic nitrogens is 3. The second kappa shape index (κ2) is 12.7. The molecule has 3 heterocycles. The third-order valence-corrected chi connectivity index (χ3v) is 9.97. The van der Waals surface area contributed by atoms with E-state index in [2.05, 4.69) is 27.0 Å². The summed E-state index contributed by atoms with van der Waals surface area (Å²) in [5.41, 5.74) is 1.56. The highest BCUT2D eigenvalue weighted by molar-refractivity contribution is 7.09. The summed E-state index contributed by atoms with van der Waals surface area (Å²) < 4.78 is 8.47. The third-order valence-electron chi connectivity index (χ3n) is 8.89. The average Bonchev–Trinajstić information content (AvgIpc) is 3.73. The van der Waals surface area contributed by atoms with Gasteiger partial charge < -0.3 is 24.6 Å². The molecule has 2 N–H and O–H groups in total. The van der Waals surface area contributed by atoms with Crippen LogP contribution in [0, 0.1) is 0 Å². The van der Waals surface area contributed by atoms with Crippen molar-refractivity contribution in [3.63, 3.8) is 0 Å². The molecule has 4 aromatic rings. The summed E-state index contributed by atoms with van der Waals surface area (Å²) in [6.07, 6.45) is 7.59. The average molecular weight is 600 g/mol. The van der Waals surface area contributed by atoms with Gasteiger partial charge in [-0.1, -0.05) is 73.5 Å². The fraction of sp³-hybridized carbons (Fsp3) is 0.441. The van der Waals surface area contributed by atoms with Gasteiger partial charge in [0.1, 0.15) is 16.2 Å². The quantitative estimate of drug-likeness (QED) is 0.266. The van der Waals surface area contributed by atoms with Crippen molar-refractivity contribution in [3.8, 4) is 11.3 Å². The number of thiazole rings is 1. The number of hydrogen-bond donors (Lipinski definition) is 2. The van der Waals surface area contributed by atoms with E-state index in [1.807, 2.05) is 72.7 Å². The first-order chi connectivity index (χ1) is 20.9. The summed E-state index contributed by atoms with van der Waals surface area (Å²) in [6.45, 7) is 6.25. The highest BCUT2D eigenvalue weighted by atomic mass is 32.1. The minimum Gasteiger partial charge on any atom is -0.385 e. The first-order valence-electron chi connectivity index (χ1n) is 15.3. The molecule has 8 nitrogen and oxygen atoms in total. The zero-order valence-corrected chi connectivity index (χ0v) is 25.8. The Kier molecular flexibility index (Phi) is 8.77. The van der Waals surface area contributed by atoms with Gasteiger partial charge in [0.15, 0.2) is 5.69 Å². The van der Waals surface area contributed by atoms with E-state index in [4.69, 9.17) is 9.72 Å². The van der Waals surface area contributed by atoms with Crippen molar-refractivity contribution in [2.24, 2.45) is 0 Å². The van der Waals surface area contributed by atoms with Gasteiger partial charge in [-0.2, -0.15) is 0 Å². The summed E-state index contributed by atoms with van der Waals surface area (Å²) in [4.78, 5) is 25.6. The van der Waals surface area contributed by atoms with Crippen LogP contribution in [-0.2, 0) is 16.8 Å². The van der Waals surface area contributed by atoms with Crippen LogP contribution in [0.2, 0.25) is 0 Å². The summed E-state index contributed by atoms with van der Waals surface area (Å²) >= 11 is 1.55. The zero-order chi connectivity index (χ0) is 29.9. The first kappa shape index (κ1) is 29.7. The van der Waals surface area contributed by atoms with E-state index in [1.54, 1.807) is 23.9 Å². The number of amides is 1. The number of aliphatic hydroxyl groups is 1. The standard InChI is InChI=1S/C34H41N5O3S/c1-33(2,32-36-18-20-43-32)42-23-34(41)16-10-9-15-28(34)39-24-37-29(30(39)26-13-7-4-8-14-26)31(40)38-19-17-35-22-27(38)21-25-11-5-3-6-12-25/h3-8,11-14,18,20,24,27-28,35,41H,9-10,15-17,19,21-23H2,1-2H3/t27-,28+,34+/m1/s1. The van der Waals surface area contributed by atoms with Gasteiger partial charge in [-0.3, -0.25) is 4.79 Å². The number of nitrogens with zero attached hydrogens (tertiary/aromatic N) is 4. The van der Waals surface area contributed by atoms with Crippen LogP contribution in [0.15, 0.2) is 78.6 Å². The lowest BCUT2D eigenvalue weighted by Gasteiger charge is -2.42. The van der Waals surface area contributed by atoms with Crippen LogP contribution >= 0.6 is 11.3 Å². The Bertz CT molecular complexity index is 1490. The highest BCUT2D eigenvalue weighted by Gasteiger charge is 2.44. The third kappa shape index (κ3) is 6.31.